The molecule has 0 saturated carbocycles. The van der Waals surface area contributed by atoms with E-state index in [0.717, 1.165) is 14.1 Å². The summed E-state index contributed by atoms with van der Waals surface area (Å²) in [4.78, 5) is 21.5. The predicted molar refractivity (Wildman–Crippen MR) is 115 cm³/mol. The normalized spacial score (nSPS) is 15.8. The number of carboxylic acids is 2. The lowest BCUT2D eigenvalue weighted by Crippen LogP contribution is -2.77. The van der Waals surface area contributed by atoms with E-state index in [1.807, 2.05) is 0 Å². The second-order valence-corrected chi connectivity index (χ2v) is 12.7. The van der Waals surface area contributed by atoms with E-state index in [9.17, 15) is 115 Å². The maximum atomic E-state index is 14.7. The summed E-state index contributed by atoms with van der Waals surface area (Å²) in [6.07, 6.45) is -10.9. The second-order valence-electron chi connectivity index (χ2n) is 10.7. The summed E-state index contributed by atoms with van der Waals surface area (Å²) in [5.41, 5.74) is 0. The Morgan fingerprint density at radius 1 is 0.600 bits per heavy atom. The van der Waals surface area contributed by atoms with Crippen LogP contribution in [0.1, 0.15) is 12.8 Å². The number of carboxylic acid groups (broad SMARTS) is 2. The van der Waals surface area contributed by atoms with Crippen LogP contribution in [0.3, 0.4) is 0 Å². The summed E-state index contributed by atoms with van der Waals surface area (Å²) in [5.74, 6) is -77.3. The van der Waals surface area contributed by atoms with Gasteiger partial charge in [-0.1, -0.05) is 0 Å². The van der Waals surface area contributed by atoms with Crippen molar-refractivity contribution in [3.8, 4) is 0 Å². The van der Waals surface area contributed by atoms with Crippen LogP contribution in [0.2, 0.25) is 0 Å². The lowest BCUT2D eigenvalue weighted by molar-refractivity contribution is -0.884. The maximum absolute atomic E-state index is 14.7. The zero-order chi connectivity index (χ0) is 41.0. The van der Waals surface area contributed by atoms with Crippen molar-refractivity contribution >= 4 is 22.0 Å². The molecule has 30 heteroatoms. The molecular weight excluding hydrogens is 795 g/mol. The van der Waals surface area contributed by atoms with Crippen LogP contribution in [0.25, 0.3) is 0 Å². The van der Waals surface area contributed by atoms with Gasteiger partial charge in [-0.2, -0.15) is 96.5 Å². The number of aliphatic carboxylic acids is 2. The first kappa shape index (κ1) is 47.3. The Morgan fingerprint density at radius 3 is 1.22 bits per heavy atom. The van der Waals surface area contributed by atoms with Crippen molar-refractivity contribution in [2.75, 3.05) is 40.3 Å². The van der Waals surface area contributed by atoms with Crippen LogP contribution in [0, 0.1) is 0 Å². The van der Waals surface area contributed by atoms with Gasteiger partial charge in [-0.15, -0.1) is 0 Å². The lowest BCUT2D eigenvalue weighted by Gasteiger charge is -2.44. The molecule has 0 saturated heterocycles. The van der Waals surface area contributed by atoms with Crippen molar-refractivity contribution in [2.45, 2.75) is 71.7 Å². The minimum atomic E-state index is -9.48. The minimum Gasteiger partial charge on any atom is -0.544 e. The fraction of sp³-hybridized carbons (Fsp3) is 0.900. The Kier molecular flexibility index (Phi) is 12.7. The monoisotopic (exact) mass is 814 g/mol. The van der Waals surface area contributed by atoms with Crippen LogP contribution in [0.4, 0.5) is 92.2 Å². The molecule has 0 unspecified atom stereocenters. The molecule has 0 atom stereocenters. The smallest absolute Gasteiger partial charge is 0.460 e. The van der Waals surface area contributed by atoms with E-state index in [1.54, 1.807) is 0 Å². The van der Waals surface area contributed by atoms with Gasteiger partial charge in [0, 0.05) is 19.5 Å². The fourth-order valence-corrected chi connectivity index (χ4v) is 5.02. The van der Waals surface area contributed by atoms with Gasteiger partial charge in [0.1, 0.15) is 6.54 Å². The Morgan fingerprint density at radius 2 is 0.920 bits per heavy atom. The van der Waals surface area contributed by atoms with E-state index >= 15 is 0 Å². The molecule has 0 aromatic carbocycles. The number of carbonyl (C=O) groups is 2. The summed E-state index contributed by atoms with van der Waals surface area (Å²) < 4.78 is 309. The highest BCUT2D eigenvalue weighted by atomic mass is 32.2. The Labute approximate surface area is 264 Å². The summed E-state index contributed by atoms with van der Waals surface area (Å²) in [7, 11) is -5.93. The van der Waals surface area contributed by atoms with Crippen LogP contribution in [-0.4, -0.2) is 133 Å². The van der Waals surface area contributed by atoms with Crippen LogP contribution in [-0.2, 0) is 19.6 Å². The van der Waals surface area contributed by atoms with Gasteiger partial charge in [-0.25, -0.2) is 8.42 Å². The summed E-state index contributed by atoms with van der Waals surface area (Å²) in [6.45, 7) is -5.49. The van der Waals surface area contributed by atoms with Gasteiger partial charge >= 0.3 is 64.8 Å². The largest absolute Gasteiger partial charge is 0.544 e. The minimum absolute atomic E-state index is 0.739. The molecule has 0 bridgehead atoms. The lowest BCUT2D eigenvalue weighted by atomic mass is 9.87. The number of alkyl halides is 21. The van der Waals surface area contributed by atoms with Crippen molar-refractivity contribution in [1.29, 1.82) is 0 Å². The van der Waals surface area contributed by atoms with Crippen LogP contribution in [0.15, 0.2) is 0 Å². The number of sulfonamides is 1. The summed E-state index contributed by atoms with van der Waals surface area (Å²) in [6, 6.07) is 0. The van der Waals surface area contributed by atoms with Crippen LogP contribution in [0.5, 0.6) is 0 Å². The molecule has 0 heterocycles. The molecule has 0 aliphatic heterocycles. The Bertz CT molecular complexity index is 1360. The van der Waals surface area contributed by atoms with Gasteiger partial charge in [0.05, 0.1) is 33.0 Å². The van der Waals surface area contributed by atoms with Gasteiger partial charge in [0.2, 0.25) is 0 Å². The first-order chi connectivity index (χ1) is 21.4. The van der Waals surface area contributed by atoms with Crippen LogP contribution < -0.4 is 5.11 Å². The Balaban J connectivity index is 7.23. The fourth-order valence-electron chi connectivity index (χ4n) is 3.54. The molecule has 0 aliphatic carbocycles. The highest BCUT2D eigenvalue weighted by molar-refractivity contribution is 7.90. The topological polar surface area (TPSA) is 115 Å². The molecule has 50 heavy (non-hydrogen) atoms. The van der Waals surface area contributed by atoms with Crippen molar-refractivity contribution in [2.24, 2.45) is 0 Å². The molecule has 298 valence electrons. The highest BCUT2D eigenvalue weighted by Gasteiger charge is 2.98. The summed E-state index contributed by atoms with van der Waals surface area (Å²) in [5, 5.41) is 11.3. The van der Waals surface area contributed by atoms with Crippen molar-refractivity contribution in [3.63, 3.8) is 0 Å². The Hall–Kier alpha value is -2.66. The number of quaternary nitrogens is 1. The van der Waals surface area contributed by atoms with E-state index in [-0.39, 0.29) is 0 Å². The molecule has 0 aliphatic rings. The van der Waals surface area contributed by atoms with E-state index in [1.165, 1.54) is 0 Å². The number of rotatable bonds is 19. The van der Waals surface area contributed by atoms with Gasteiger partial charge in [-0.05, 0) is 0 Å². The number of hydrogen-bond acceptors (Lipinski definition) is 5. The molecule has 0 amide bonds. The van der Waals surface area contributed by atoms with Crippen molar-refractivity contribution in [1.82, 2.24) is 4.31 Å². The average molecular weight is 814 g/mol. The van der Waals surface area contributed by atoms with Crippen molar-refractivity contribution < 1.29 is 125 Å². The van der Waals surface area contributed by atoms with Gasteiger partial charge in [-0.3, -0.25) is 4.79 Å². The molecular formula is C20H19F21N2O6S. The van der Waals surface area contributed by atoms with Gasteiger partial charge in [0.25, 0.3) is 10.0 Å². The average Bonchev–Trinajstić information content (AvgIpc) is 2.87. The third kappa shape index (κ3) is 7.32. The first-order valence-corrected chi connectivity index (χ1v) is 13.6. The molecule has 0 radical (unpaired) electrons. The quantitative estimate of drug-likeness (QED) is 0.151. The van der Waals surface area contributed by atoms with E-state index in [4.69, 9.17) is 5.11 Å². The number of hydrogen-bond donors (Lipinski definition) is 1. The third-order valence-electron chi connectivity index (χ3n) is 6.45. The van der Waals surface area contributed by atoms with E-state index in [0.29, 0.717) is 0 Å². The van der Waals surface area contributed by atoms with E-state index in [2.05, 4.69) is 0 Å². The zero-order valence-electron chi connectivity index (χ0n) is 24.0. The molecule has 0 spiro atoms. The maximum Gasteiger partial charge on any atom is 0.460 e. The molecule has 0 fully saturated rings. The second kappa shape index (κ2) is 13.4. The van der Waals surface area contributed by atoms with Gasteiger partial charge < -0.3 is 19.5 Å². The molecule has 8 nitrogen and oxygen atoms in total. The number of halogens is 21. The molecule has 0 rings (SSSR count). The first-order valence-electron chi connectivity index (χ1n) is 12.1. The van der Waals surface area contributed by atoms with E-state index < -0.39 is 129 Å². The standard InChI is InChI=1S/C20H19F21N2O6S/c1-43(2,8-10(46)47)7-3-5-42(6-4-9(44)45)50(48,49)20(40,41)18(35,36)16(31,32)14(27,28)12(23,24)11(21,22)13(25,26)15(29,30)17(33,34)19(37,38)39/h3-8H2,1-2H3,(H-,44,45,46,47). The molecule has 0 aromatic rings. The van der Waals surface area contributed by atoms with Crippen molar-refractivity contribution in [3.05, 3.63) is 0 Å². The van der Waals surface area contributed by atoms with Gasteiger partial charge in [0.15, 0.2) is 0 Å². The number of likely N-dealkylation sites (N-methyl/N-ethyl adjacent to an activating group) is 1. The molecule has 1 N–H and O–H groups in total. The predicted octanol–water partition coefficient (Wildman–Crippen LogP) is 4.55. The zero-order valence-corrected chi connectivity index (χ0v) is 24.8. The SMILES string of the molecule is C[N+](C)(CCCN(CCC(=O)O)S(=O)(=O)C(F)(F)C(F)(F)C(F)(F)C(F)(F)C(F)(F)C(F)(F)C(F)(F)C(F)(F)C(F)(F)C(F)(F)F)CC(=O)[O-]. The summed E-state index contributed by atoms with van der Waals surface area (Å²) >= 11 is 0. The van der Waals surface area contributed by atoms with Crippen LogP contribution >= 0.6 is 0 Å². The third-order valence-corrected chi connectivity index (χ3v) is 8.40. The molecule has 0 aromatic heterocycles. The number of carbonyl (C=O) groups excluding carboxylic acids is 1. The number of nitrogens with zero attached hydrogens (tertiary/aromatic N) is 2. The highest BCUT2D eigenvalue weighted by Crippen LogP contribution is 2.66.